The SMILES string of the molecule is C[C@@H]1Cc2cc(Br)cc3c(=O)c(C(=O)N4CCc5ccccc5C4)cn1c23. The van der Waals surface area contributed by atoms with Gasteiger partial charge in [0.1, 0.15) is 5.56 Å². The van der Waals surface area contributed by atoms with Crippen LogP contribution in [0, 0.1) is 0 Å². The zero-order valence-electron chi connectivity index (χ0n) is 15.0. The summed E-state index contributed by atoms with van der Waals surface area (Å²) in [5, 5.41) is 0.631. The van der Waals surface area contributed by atoms with Crippen molar-refractivity contribution in [2.45, 2.75) is 32.4 Å². The van der Waals surface area contributed by atoms with Crippen molar-refractivity contribution < 1.29 is 4.79 Å². The molecule has 1 amide bonds. The van der Waals surface area contributed by atoms with Gasteiger partial charge in [0.05, 0.1) is 5.52 Å². The molecule has 136 valence electrons. The van der Waals surface area contributed by atoms with E-state index < -0.39 is 0 Å². The third-order valence-electron chi connectivity index (χ3n) is 5.81. The molecule has 27 heavy (non-hydrogen) atoms. The predicted octanol–water partition coefficient (Wildman–Crippen LogP) is 4.08. The Hall–Kier alpha value is -2.40. The van der Waals surface area contributed by atoms with Gasteiger partial charge in [-0.15, -0.1) is 0 Å². The second-order valence-electron chi connectivity index (χ2n) is 7.54. The van der Waals surface area contributed by atoms with E-state index in [1.54, 1.807) is 11.1 Å². The summed E-state index contributed by atoms with van der Waals surface area (Å²) in [7, 11) is 0. The lowest BCUT2D eigenvalue weighted by molar-refractivity contribution is 0.0732. The van der Waals surface area contributed by atoms with Gasteiger partial charge in [0, 0.05) is 35.2 Å². The summed E-state index contributed by atoms with van der Waals surface area (Å²) in [6.45, 7) is 3.33. The minimum atomic E-state index is -0.166. The van der Waals surface area contributed by atoms with Gasteiger partial charge in [-0.3, -0.25) is 9.59 Å². The first kappa shape index (κ1) is 16.8. The Morgan fingerprint density at radius 1 is 1.15 bits per heavy atom. The third-order valence-corrected chi connectivity index (χ3v) is 6.27. The standard InChI is InChI=1S/C22H19BrN2O2/c1-13-8-16-9-17(23)10-18-20(16)25(13)12-19(21(18)26)22(27)24-7-6-14-4-2-3-5-15(14)11-24/h2-5,9-10,12-13H,6-8,11H2,1H3/t13-/m1/s1. The van der Waals surface area contributed by atoms with Crippen molar-refractivity contribution in [2.24, 2.45) is 0 Å². The predicted molar refractivity (Wildman–Crippen MR) is 109 cm³/mol. The number of aromatic nitrogens is 1. The fraction of sp³-hybridized carbons (Fsp3) is 0.273. The van der Waals surface area contributed by atoms with E-state index in [2.05, 4.69) is 45.6 Å². The first-order valence-corrected chi connectivity index (χ1v) is 10.1. The summed E-state index contributed by atoms with van der Waals surface area (Å²) in [5.74, 6) is -0.166. The number of hydrogen-bond acceptors (Lipinski definition) is 2. The van der Waals surface area contributed by atoms with E-state index in [1.807, 2.05) is 18.2 Å². The number of pyridine rings is 1. The van der Waals surface area contributed by atoms with Gasteiger partial charge in [-0.05, 0) is 48.6 Å². The van der Waals surface area contributed by atoms with E-state index in [4.69, 9.17) is 0 Å². The monoisotopic (exact) mass is 422 g/mol. The van der Waals surface area contributed by atoms with Gasteiger partial charge < -0.3 is 9.47 Å². The summed E-state index contributed by atoms with van der Waals surface area (Å²) in [6.07, 6.45) is 3.49. The number of hydrogen-bond donors (Lipinski definition) is 0. The molecule has 1 atom stereocenters. The minimum absolute atomic E-state index is 0.165. The molecule has 0 N–H and O–H groups in total. The van der Waals surface area contributed by atoms with Gasteiger partial charge in [-0.2, -0.15) is 0 Å². The quantitative estimate of drug-likeness (QED) is 0.592. The van der Waals surface area contributed by atoms with Crippen LogP contribution in [0.5, 0.6) is 0 Å². The number of amides is 1. The fourth-order valence-electron chi connectivity index (χ4n) is 4.45. The normalized spacial score (nSPS) is 18.0. The lowest BCUT2D eigenvalue weighted by atomic mass is 9.99. The van der Waals surface area contributed by atoms with Crippen LogP contribution in [0.1, 0.15) is 40.0 Å². The van der Waals surface area contributed by atoms with Crippen molar-refractivity contribution in [1.29, 1.82) is 0 Å². The molecule has 4 nitrogen and oxygen atoms in total. The summed E-state index contributed by atoms with van der Waals surface area (Å²) in [6, 6.07) is 12.4. The van der Waals surface area contributed by atoms with Crippen LogP contribution in [0.4, 0.5) is 0 Å². The molecule has 0 saturated heterocycles. The van der Waals surface area contributed by atoms with Crippen molar-refractivity contribution in [1.82, 2.24) is 9.47 Å². The number of carbonyl (C=O) groups excluding carboxylic acids is 1. The van der Waals surface area contributed by atoms with E-state index in [0.717, 1.165) is 28.4 Å². The Morgan fingerprint density at radius 3 is 2.74 bits per heavy atom. The molecule has 2 aromatic carbocycles. The third kappa shape index (κ3) is 2.56. The zero-order valence-corrected chi connectivity index (χ0v) is 16.6. The van der Waals surface area contributed by atoms with Gasteiger partial charge >= 0.3 is 0 Å². The molecule has 0 aliphatic carbocycles. The Balaban J connectivity index is 1.62. The molecule has 0 radical (unpaired) electrons. The Bertz CT molecular complexity index is 1160. The Kier molecular flexibility index (Phi) is 3.76. The minimum Gasteiger partial charge on any atom is -0.343 e. The van der Waals surface area contributed by atoms with Gasteiger partial charge in [0.15, 0.2) is 0 Å². The molecular formula is C22H19BrN2O2. The highest BCUT2D eigenvalue weighted by atomic mass is 79.9. The molecule has 5 heteroatoms. The molecule has 1 aromatic heterocycles. The molecule has 0 bridgehead atoms. The molecule has 2 aliphatic rings. The van der Waals surface area contributed by atoms with Crippen LogP contribution in [0.3, 0.4) is 0 Å². The van der Waals surface area contributed by atoms with Crippen LogP contribution in [-0.4, -0.2) is 21.9 Å². The summed E-state index contributed by atoms with van der Waals surface area (Å²) in [5.41, 5.74) is 4.70. The molecule has 0 fully saturated rings. The van der Waals surface area contributed by atoms with Crippen molar-refractivity contribution in [3.63, 3.8) is 0 Å². The topological polar surface area (TPSA) is 42.3 Å². The molecule has 3 aromatic rings. The van der Waals surface area contributed by atoms with E-state index in [0.29, 0.717) is 18.5 Å². The summed E-state index contributed by atoms with van der Waals surface area (Å²) in [4.78, 5) is 28.2. The Labute approximate surface area is 165 Å². The second-order valence-corrected chi connectivity index (χ2v) is 8.45. The highest BCUT2D eigenvalue weighted by molar-refractivity contribution is 9.10. The van der Waals surface area contributed by atoms with Crippen molar-refractivity contribution >= 4 is 32.7 Å². The number of fused-ring (bicyclic) bond motifs is 1. The zero-order chi connectivity index (χ0) is 18.7. The first-order chi connectivity index (χ1) is 13.0. The van der Waals surface area contributed by atoms with Crippen molar-refractivity contribution in [3.8, 4) is 0 Å². The van der Waals surface area contributed by atoms with Crippen LogP contribution < -0.4 is 5.43 Å². The number of carbonyl (C=O) groups is 1. The number of benzene rings is 2. The van der Waals surface area contributed by atoms with Crippen molar-refractivity contribution in [3.05, 3.63) is 79.5 Å². The molecule has 0 unspecified atom stereocenters. The van der Waals surface area contributed by atoms with Gasteiger partial charge in [-0.25, -0.2) is 0 Å². The van der Waals surface area contributed by atoms with E-state index in [-0.39, 0.29) is 22.9 Å². The fourth-order valence-corrected chi connectivity index (χ4v) is 4.96. The van der Waals surface area contributed by atoms with Crippen LogP contribution in [-0.2, 0) is 19.4 Å². The summed E-state index contributed by atoms with van der Waals surface area (Å²) < 4.78 is 2.99. The first-order valence-electron chi connectivity index (χ1n) is 9.26. The average molecular weight is 423 g/mol. The lowest BCUT2D eigenvalue weighted by Gasteiger charge is -2.29. The van der Waals surface area contributed by atoms with Crippen LogP contribution in [0.25, 0.3) is 10.9 Å². The smallest absolute Gasteiger partial charge is 0.259 e. The molecule has 5 rings (SSSR count). The molecular weight excluding hydrogens is 404 g/mol. The highest BCUT2D eigenvalue weighted by Crippen LogP contribution is 2.33. The number of halogens is 1. The van der Waals surface area contributed by atoms with E-state index in [1.165, 1.54) is 11.1 Å². The number of nitrogens with zero attached hydrogens (tertiary/aromatic N) is 2. The average Bonchev–Trinajstić information content (AvgIpc) is 2.98. The maximum absolute atomic E-state index is 13.3. The van der Waals surface area contributed by atoms with Gasteiger partial charge in [-0.1, -0.05) is 40.2 Å². The second kappa shape index (κ2) is 6.06. The molecule has 3 heterocycles. The summed E-state index contributed by atoms with van der Waals surface area (Å²) >= 11 is 3.51. The van der Waals surface area contributed by atoms with Gasteiger partial charge in [0.2, 0.25) is 5.43 Å². The van der Waals surface area contributed by atoms with Crippen molar-refractivity contribution in [2.75, 3.05) is 6.54 Å². The van der Waals surface area contributed by atoms with E-state index in [9.17, 15) is 9.59 Å². The molecule has 2 aliphatic heterocycles. The number of rotatable bonds is 1. The lowest BCUT2D eigenvalue weighted by Crippen LogP contribution is -2.38. The molecule has 0 spiro atoms. The Morgan fingerprint density at radius 2 is 1.93 bits per heavy atom. The van der Waals surface area contributed by atoms with Crippen LogP contribution in [0.15, 0.2) is 51.9 Å². The molecule has 0 saturated carbocycles. The van der Waals surface area contributed by atoms with Gasteiger partial charge in [0.25, 0.3) is 5.91 Å². The van der Waals surface area contributed by atoms with Crippen LogP contribution in [0.2, 0.25) is 0 Å². The largest absolute Gasteiger partial charge is 0.343 e. The van der Waals surface area contributed by atoms with E-state index >= 15 is 0 Å². The van der Waals surface area contributed by atoms with Crippen LogP contribution >= 0.6 is 15.9 Å². The highest BCUT2D eigenvalue weighted by Gasteiger charge is 2.28. The maximum Gasteiger partial charge on any atom is 0.259 e. The maximum atomic E-state index is 13.3.